The van der Waals surface area contributed by atoms with Crippen LogP contribution >= 0.6 is 0 Å². The summed E-state index contributed by atoms with van der Waals surface area (Å²) in [6.45, 7) is 4.44. The molecule has 0 spiro atoms. The van der Waals surface area contributed by atoms with Crippen molar-refractivity contribution in [1.29, 1.82) is 0 Å². The number of unbranched alkanes of at least 4 members (excludes halogenated alkanes) is 19. The molecule has 0 aromatic carbocycles. The van der Waals surface area contributed by atoms with Gasteiger partial charge in [0.05, 0.1) is 6.42 Å². The first-order valence-corrected chi connectivity index (χ1v) is 20.8. The third-order valence-electron chi connectivity index (χ3n) is 9.04. The van der Waals surface area contributed by atoms with Crippen LogP contribution in [-0.2, 0) is 14.3 Å². The van der Waals surface area contributed by atoms with E-state index in [2.05, 4.69) is 68.5 Å². The van der Waals surface area contributed by atoms with Gasteiger partial charge in [-0.25, -0.2) is 0 Å². The van der Waals surface area contributed by atoms with E-state index in [1.165, 1.54) is 96.3 Å². The van der Waals surface area contributed by atoms with Crippen molar-refractivity contribution in [1.82, 2.24) is 0 Å². The Kier molecular flexibility index (Phi) is 38.1. The highest BCUT2D eigenvalue weighted by Gasteiger charge is 2.13. The van der Waals surface area contributed by atoms with Gasteiger partial charge in [0, 0.05) is 6.42 Å². The standard InChI is InChI=1S/C45H78O4/c1-3-5-7-9-11-13-15-17-19-21-22-24-26-28-31-35-39-43(40-36-32-30-33-37-41-44(46)47)49-45(48)42-38-34-29-27-25-23-20-18-16-14-12-10-8-6-4-2/h6,8,12,14,18,20,25,27,34,38,43H,3-5,7,9-11,13,15-17,19,21-24,26,28-33,35-37,39-42H2,1-2H3,(H,46,47)/b8-6-,14-12-,20-18-,27-25-,38-34-. The smallest absolute Gasteiger partial charge is 0.309 e. The highest BCUT2D eigenvalue weighted by Crippen LogP contribution is 2.18. The molecule has 0 fully saturated rings. The number of hydrogen-bond acceptors (Lipinski definition) is 3. The molecule has 0 aromatic heterocycles. The lowest BCUT2D eigenvalue weighted by Gasteiger charge is -2.18. The number of carbonyl (C=O) groups excluding carboxylic acids is 1. The third kappa shape index (κ3) is 40.0. The second-order valence-electron chi connectivity index (χ2n) is 13.8. The maximum absolute atomic E-state index is 12.6. The van der Waals surface area contributed by atoms with Gasteiger partial charge in [0.2, 0.25) is 0 Å². The molecular weight excluding hydrogens is 604 g/mol. The number of carboxylic acids is 1. The molecule has 4 heteroatoms. The van der Waals surface area contributed by atoms with Crippen molar-refractivity contribution in [2.45, 2.75) is 213 Å². The minimum Gasteiger partial charge on any atom is -0.481 e. The Balaban J connectivity index is 4.18. The van der Waals surface area contributed by atoms with Gasteiger partial charge in [-0.05, 0) is 64.2 Å². The van der Waals surface area contributed by atoms with Crippen LogP contribution in [0.2, 0.25) is 0 Å². The molecule has 0 aliphatic heterocycles. The second-order valence-corrected chi connectivity index (χ2v) is 13.8. The van der Waals surface area contributed by atoms with Crippen LogP contribution in [0.15, 0.2) is 60.8 Å². The van der Waals surface area contributed by atoms with Gasteiger partial charge in [-0.1, -0.05) is 190 Å². The Morgan fingerprint density at radius 1 is 0.469 bits per heavy atom. The number of esters is 1. The van der Waals surface area contributed by atoms with E-state index in [1.807, 2.05) is 6.08 Å². The molecular formula is C45H78O4. The number of carboxylic acid groups (broad SMARTS) is 1. The summed E-state index contributed by atoms with van der Waals surface area (Å²) in [4.78, 5) is 23.4. The van der Waals surface area contributed by atoms with Crippen molar-refractivity contribution < 1.29 is 19.4 Å². The average Bonchev–Trinajstić information content (AvgIpc) is 3.09. The summed E-state index contributed by atoms with van der Waals surface area (Å²) in [5.41, 5.74) is 0. The Morgan fingerprint density at radius 3 is 1.20 bits per heavy atom. The normalized spacial score (nSPS) is 12.9. The molecule has 0 amide bonds. The van der Waals surface area contributed by atoms with Crippen molar-refractivity contribution in [3.63, 3.8) is 0 Å². The number of carbonyl (C=O) groups is 2. The highest BCUT2D eigenvalue weighted by molar-refractivity contribution is 5.71. The molecule has 0 heterocycles. The summed E-state index contributed by atoms with van der Waals surface area (Å²) in [5, 5.41) is 8.83. The average molecular weight is 683 g/mol. The molecule has 4 nitrogen and oxygen atoms in total. The van der Waals surface area contributed by atoms with Crippen molar-refractivity contribution >= 4 is 11.9 Å². The number of hydrogen-bond donors (Lipinski definition) is 1. The fourth-order valence-corrected chi connectivity index (χ4v) is 6.03. The maximum Gasteiger partial charge on any atom is 0.309 e. The molecule has 282 valence electrons. The Hall–Kier alpha value is -2.36. The van der Waals surface area contributed by atoms with Crippen molar-refractivity contribution in [2.24, 2.45) is 0 Å². The van der Waals surface area contributed by atoms with Crippen LogP contribution < -0.4 is 0 Å². The fourth-order valence-electron chi connectivity index (χ4n) is 6.03. The highest BCUT2D eigenvalue weighted by atomic mass is 16.5. The number of aliphatic carboxylic acids is 1. The molecule has 0 radical (unpaired) electrons. The number of ether oxygens (including phenoxy) is 1. The second kappa shape index (κ2) is 40.1. The van der Waals surface area contributed by atoms with Crippen LogP contribution in [0.4, 0.5) is 0 Å². The quantitative estimate of drug-likeness (QED) is 0.0402. The Labute approximate surface area is 304 Å². The molecule has 0 aliphatic rings. The van der Waals surface area contributed by atoms with Gasteiger partial charge in [0.25, 0.3) is 0 Å². The molecule has 0 saturated carbocycles. The molecule has 1 unspecified atom stereocenters. The molecule has 0 saturated heterocycles. The molecule has 0 rings (SSSR count). The summed E-state index contributed by atoms with van der Waals surface area (Å²) >= 11 is 0. The monoisotopic (exact) mass is 683 g/mol. The minimum absolute atomic E-state index is 0.000831. The lowest BCUT2D eigenvalue weighted by molar-refractivity contribution is -0.148. The van der Waals surface area contributed by atoms with Crippen molar-refractivity contribution in [3.05, 3.63) is 60.8 Å². The summed E-state index contributed by atoms with van der Waals surface area (Å²) in [5.74, 6) is -0.831. The first kappa shape index (κ1) is 46.6. The molecule has 1 atom stereocenters. The minimum atomic E-state index is -0.710. The van der Waals surface area contributed by atoms with Gasteiger partial charge in [0.1, 0.15) is 6.10 Å². The van der Waals surface area contributed by atoms with Gasteiger partial charge in [-0.15, -0.1) is 0 Å². The molecule has 1 N–H and O–H groups in total. The SMILES string of the molecule is CC/C=C\C/C=C\C/C=C\C/C=C\C/C=C\CC(=O)OC(CCCCCCCCCCCCCCCCCC)CCCCCCCC(=O)O. The summed E-state index contributed by atoms with van der Waals surface area (Å²) in [7, 11) is 0. The van der Waals surface area contributed by atoms with Crippen molar-refractivity contribution in [2.75, 3.05) is 0 Å². The fraction of sp³-hybridized carbons (Fsp3) is 0.733. The summed E-state index contributed by atoms with van der Waals surface area (Å²) in [6.07, 6.45) is 55.4. The predicted molar refractivity (Wildman–Crippen MR) is 213 cm³/mol. The van der Waals surface area contributed by atoms with Crippen molar-refractivity contribution in [3.8, 4) is 0 Å². The van der Waals surface area contributed by atoms with E-state index in [1.54, 1.807) is 0 Å². The van der Waals surface area contributed by atoms with Crippen LogP contribution in [0.1, 0.15) is 206 Å². The molecule has 0 aliphatic carbocycles. The zero-order valence-electron chi connectivity index (χ0n) is 32.2. The van der Waals surface area contributed by atoms with E-state index in [0.29, 0.717) is 6.42 Å². The van der Waals surface area contributed by atoms with Crippen LogP contribution in [-0.4, -0.2) is 23.1 Å². The first-order valence-electron chi connectivity index (χ1n) is 20.8. The largest absolute Gasteiger partial charge is 0.481 e. The van der Waals surface area contributed by atoms with E-state index in [9.17, 15) is 9.59 Å². The van der Waals surface area contributed by atoms with Gasteiger partial charge in [-0.3, -0.25) is 9.59 Å². The predicted octanol–water partition coefficient (Wildman–Crippen LogP) is 14.5. The van der Waals surface area contributed by atoms with Crippen LogP contribution in [0, 0.1) is 0 Å². The van der Waals surface area contributed by atoms with E-state index < -0.39 is 5.97 Å². The summed E-state index contributed by atoms with van der Waals surface area (Å²) in [6, 6.07) is 0. The van der Waals surface area contributed by atoms with Crippen LogP contribution in [0.5, 0.6) is 0 Å². The van der Waals surface area contributed by atoms with Gasteiger partial charge in [-0.2, -0.15) is 0 Å². The zero-order chi connectivity index (χ0) is 35.7. The molecule has 0 bridgehead atoms. The van der Waals surface area contributed by atoms with Crippen LogP contribution in [0.3, 0.4) is 0 Å². The summed E-state index contributed by atoms with van der Waals surface area (Å²) < 4.78 is 5.95. The zero-order valence-corrected chi connectivity index (χ0v) is 32.2. The van der Waals surface area contributed by atoms with E-state index >= 15 is 0 Å². The van der Waals surface area contributed by atoms with E-state index in [-0.39, 0.29) is 18.5 Å². The topological polar surface area (TPSA) is 63.6 Å². The maximum atomic E-state index is 12.6. The Bertz CT molecular complexity index is 865. The van der Waals surface area contributed by atoms with E-state index in [4.69, 9.17) is 9.84 Å². The van der Waals surface area contributed by atoms with Gasteiger partial charge < -0.3 is 9.84 Å². The number of allylic oxidation sites excluding steroid dienone is 9. The van der Waals surface area contributed by atoms with Crippen LogP contribution in [0.25, 0.3) is 0 Å². The number of rotatable bonds is 37. The third-order valence-corrected chi connectivity index (χ3v) is 9.04. The van der Waals surface area contributed by atoms with E-state index in [0.717, 1.165) is 83.5 Å². The first-order chi connectivity index (χ1) is 24.1. The molecule has 49 heavy (non-hydrogen) atoms. The van der Waals surface area contributed by atoms with Gasteiger partial charge in [0.15, 0.2) is 0 Å². The lowest BCUT2D eigenvalue weighted by atomic mass is 10.0. The van der Waals surface area contributed by atoms with Gasteiger partial charge >= 0.3 is 11.9 Å². The lowest BCUT2D eigenvalue weighted by Crippen LogP contribution is -2.18. The Morgan fingerprint density at radius 2 is 0.816 bits per heavy atom. The molecule has 0 aromatic rings.